The number of aromatic nitrogens is 3. The Morgan fingerprint density at radius 2 is 1.93 bits per heavy atom. The van der Waals surface area contributed by atoms with Gasteiger partial charge in [0.05, 0.1) is 5.56 Å². The van der Waals surface area contributed by atoms with Crippen LogP contribution in [0.5, 0.6) is 0 Å². The minimum absolute atomic E-state index is 0.0494. The lowest BCUT2D eigenvalue weighted by atomic mass is 10.00. The zero-order valence-electron chi connectivity index (χ0n) is 16.0. The zero-order chi connectivity index (χ0) is 19.4. The van der Waals surface area contributed by atoms with Crippen molar-refractivity contribution in [1.82, 2.24) is 14.8 Å². The number of unbranched alkanes of at least 4 members (excludes halogenated alkanes) is 3. The minimum atomic E-state index is -0.314. The summed E-state index contributed by atoms with van der Waals surface area (Å²) in [4.78, 5) is 26.7. The minimum Gasteiger partial charge on any atom is -0.288 e. The maximum atomic E-state index is 13.3. The Balaban J connectivity index is 2.03. The smallest absolute Gasteiger partial charge is 0.288 e. The summed E-state index contributed by atoms with van der Waals surface area (Å²) < 4.78 is 1.51. The quantitative estimate of drug-likeness (QED) is 0.457. The Morgan fingerprint density at radius 1 is 1.15 bits per heavy atom. The van der Waals surface area contributed by atoms with E-state index >= 15 is 0 Å². The Bertz CT molecular complexity index is 997. The molecule has 1 N–H and O–H groups in total. The Morgan fingerprint density at radius 3 is 2.59 bits per heavy atom. The molecule has 0 radical (unpaired) electrons. The van der Waals surface area contributed by atoms with E-state index in [1.54, 1.807) is 6.92 Å². The van der Waals surface area contributed by atoms with Crippen LogP contribution in [0, 0.1) is 13.8 Å². The summed E-state index contributed by atoms with van der Waals surface area (Å²) in [6.07, 6.45) is 5.59. The fourth-order valence-corrected chi connectivity index (χ4v) is 4.44. The van der Waals surface area contributed by atoms with E-state index < -0.39 is 0 Å². The van der Waals surface area contributed by atoms with E-state index in [1.807, 2.05) is 37.3 Å². The number of rotatable bonds is 8. The number of nitrogens with one attached hydrogen (secondary N) is 1. The molecule has 0 spiro atoms. The standard InChI is InChI=1S/C21H25N3O2S/c1-4-5-6-7-11-16-13-18(19(25)17-12-9-8-10-14(17)2)20(27-16)24-15(3)22-23-21(24)26/h8-10,12-13H,4-7,11H2,1-3H3,(H,23,26). The summed E-state index contributed by atoms with van der Waals surface area (Å²) >= 11 is 1.51. The number of ketones is 1. The molecule has 0 unspecified atom stereocenters. The molecule has 5 nitrogen and oxygen atoms in total. The number of H-pyrrole nitrogens is 1. The van der Waals surface area contributed by atoms with Gasteiger partial charge in [-0.05, 0) is 38.3 Å². The average Bonchev–Trinajstić information content (AvgIpc) is 3.21. The summed E-state index contributed by atoms with van der Waals surface area (Å²) in [5.41, 5.74) is 1.86. The van der Waals surface area contributed by atoms with Gasteiger partial charge in [-0.3, -0.25) is 4.79 Å². The summed E-state index contributed by atoms with van der Waals surface area (Å²) in [7, 11) is 0. The van der Waals surface area contributed by atoms with Crippen LogP contribution in [-0.4, -0.2) is 20.5 Å². The molecule has 0 saturated heterocycles. The van der Waals surface area contributed by atoms with E-state index in [2.05, 4.69) is 17.1 Å². The molecule has 27 heavy (non-hydrogen) atoms. The van der Waals surface area contributed by atoms with Crippen molar-refractivity contribution in [1.29, 1.82) is 0 Å². The van der Waals surface area contributed by atoms with Crippen molar-refractivity contribution in [2.24, 2.45) is 0 Å². The molecule has 3 aromatic rings. The number of aromatic amines is 1. The highest BCUT2D eigenvalue weighted by molar-refractivity contribution is 7.15. The molecular formula is C21H25N3O2S. The Hall–Kier alpha value is -2.47. The lowest BCUT2D eigenvalue weighted by Crippen LogP contribution is -2.17. The molecule has 6 heteroatoms. The van der Waals surface area contributed by atoms with E-state index in [9.17, 15) is 9.59 Å². The third kappa shape index (κ3) is 4.11. The third-order valence-electron chi connectivity index (χ3n) is 4.72. The van der Waals surface area contributed by atoms with Gasteiger partial charge in [0.25, 0.3) is 0 Å². The number of benzene rings is 1. The van der Waals surface area contributed by atoms with Crippen LogP contribution >= 0.6 is 11.3 Å². The van der Waals surface area contributed by atoms with Crippen LogP contribution < -0.4 is 5.69 Å². The normalized spacial score (nSPS) is 11.1. The van der Waals surface area contributed by atoms with Gasteiger partial charge in [-0.15, -0.1) is 11.3 Å². The number of aryl methyl sites for hydroxylation is 3. The zero-order valence-corrected chi connectivity index (χ0v) is 16.9. The summed E-state index contributed by atoms with van der Waals surface area (Å²) in [6.45, 7) is 5.89. The topological polar surface area (TPSA) is 67.8 Å². The molecule has 3 rings (SSSR count). The van der Waals surface area contributed by atoms with Gasteiger partial charge in [0, 0.05) is 10.4 Å². The fraction of sp³-hybridized carbons (Fsp3) is 0.381. The molecule has 0 aliphatic heterocycles. The van der Waals surface area contributed by atoms with E-state index in [-0.39, 0.29) is 11.5 Å². The second-order valence-corrected chi connectivity index (χ2v) is 7.91. The van der Waals surface area contributed by atoms with Crippen molar-refractivity contribution < 1.29 is 4.79 Å². The maximum absolute atomic E-state index is 13.3. The van der Waals surface area contributed by atoms with Gasteiger partial charge in [-0.2, -0.15) is 5.10 Å². The van der Waals surface area contributed by atoms with Gasteiger partial charge in [-0.25, -0.2) is 14.5 Å². The van der Waals surface area contributed by atoms with Crippen LogP contribution in [-0.2, 0) is 6.42 Å². The number of carbonyl (C=O) groups is 1. The van der Waals surface area contributed by atoms with Gasteiger partial charge < -0.3 is 0 Å². The molecule has 0 saturated carbocycles. The molecule has 1 aromatic carbocycles. The van der Waals surface area contributed by atoms with Crippen LogP contribution in [0.4, 0.5) is 0 Å². The largest absolute Gasteiger partial charge is 0.348 e. The van der Waals surface area contributed by atoms with Gasteiger partial charge in [0.1, 0.15) is 10.8 Å². The van der Waals surface area contributed by atoms with Crippen molar-refractivity contribution >= 4 is 17.1 Å². The predicted molar refractivity (Wildman–Crippen MR) is 109 cm³/mol. The second-order valence-electron chi connectivity index (χ2n) is 6.80. The van der Waals surface area contributed by atoms with Crippen LogP contribution in [0.15, 0.2) is 35.1 Å². The number of thiophene rings is 1. The number of hydrogen-bond donors (Lipinski definition) is 1. The molecule has 0 fully saturated rings. The highest BCUT2D eigenvalue weighted by Gasteiger charge is 2.22. The molecule has 142 valence electrons. The van der Waals surface area contributed by atoms with E-state index in [4.69, 9.17) is 0 Å². The Labute approximate surface area is 163 Å². The van der Waals surface area contributed by atoms with Crippen molar-refractivity contribution in [3.8, 4) is 5.00 Å². The third-order valence-corrected chi connectivity index (χ3v) is 5.90. The first-order chi connectivity index (χ1) is 13.0. The number of nitrogens with zero attached hydrogens (tertiary/aromatic N) is 2. The highest BCUT2D eigenvalue weighted by atomic mass is 32.1. The predicted octanol–water partition coefficient (Wildman–Crippen LogP) is 4.59. The van der Waals surface area contributed by atoms with Gasteiger partial charge >= 0.3 is 5.69 Å². The summed E-state index contributed by atoms with van der Waals surface area (Å²) in [5.74, 6) is 0.505. The lowest BCUT2D eigenvalue weighted by molar-refractivity contribution is 0.103. The molecule has 0 aliphatic carbocycles. The van der Waals surface area contributed by atoms with Crippen molar-refractivity contribution in [2.75, 3.05) is 0 Å². The fourth-order valence-electron chi connectivity index (χ4n) is 3.20. The summed E-state index contributed by atoms with van der Waals surface area (Å²) in [6, 6.07) is 9.52. The first-order valence-electron chi connectivity index (χ1n) is 9.40. The number of hydrogen-bond acceptors (Lipinski definition) is 4. The van der Waals surface area contributed by atoms with Crippen LogP contribution in [0.2, 0.25) is 0 Å². The van der Waals surface area contributed by atoms with E-state index in [1.165, 1.54) is 35.2 Å². The van der Waals surface area contributed by atoms with Gasteiger partial charge in [-0.1, -0.05) is 50.5 Å². The van der Waals surface area contributed by atoms with Gasteiger partial charge in [0.15, 0.2) is 5.78 Å². The molecule has 0 aliphatic rings. The highest BCUT2D eigenvalue weighted by Crippen LogP contribution is 2.30. The van der Waals surface area contributed by atoms with Gasteiger partial charge in [0.2, 0.25) is 0 Å². The lowest BCUT2D eigenvalue weighted by Gasteiger charge is -2.06. The maximum Gasteiger partial charge on any atom is 0.348 e. The molecule has 2 heterocycles. The second kappa shape index (κ2) is 8.48. The number of carbonyl (C=O) groups excluding carboxylic acids is 1. The van der Waals surface area contributed by atoms with Crippen LogP contribution in [0.25, 0.3) is 5.00 Å². The van der Waals surface area contributed by atoms with Crippen molar-refractivity contribution in [2.45, 2.75) is 52.9 Å². The Kier molecular flexibility index (Phi) is 6.06. The molecule has 0 amide bonds. The van der Waals surface area contributed by atoms with Crippen molar-refractivity contribution in [3.05, 3.63) is 68.2 Å². The SMILES string of the molecule is CCCCCCc1cc(C(=O)c2ccccc2C)c(-n2c(C)n[nH]c2=O)s1. The molecule has 2 aromatic heterocycles. The first kappa shape index (κ1) is 19.3. The van der Waals surface area contributed by atoms with Crippen LogP contribution in [0.3, 0.4) is 0 Å². The monoisotopic (exact) mass is 383 g/mol. The average molecular weight is 384 g/mol. The molecular weight excluding hydrogens is 358 g/mol. The van der Waals surface area contributed by atoms with Crippen LogP contribution in [0.1, 0.15) is 64.8 Å². The van der Waals surface area contributed by atoms with E-state index in [0.29, 0.717) is 22.0 Å². The molecule has 0 atom stereocenters. The first-order valence-corrected chi connectivity index (χ1v) is 10.2. The summed E-state index contributed by atoms with van der Waals surface area (Å²) in [5, 5.41) is 7.13. The van der Waals surface area contributed by atoms with E-state index in [0.717, 1.165) is 23.3 Å². The molecule has 0 bridgehead atoms. The van der Waals surface area contributed by atoms with Crippen molar-refractivity contribution in [3.63, 3.8) is 0 Å².